The molecule has 1 aliphatic heterocycles. The molecular formula is C20H23FN4O2. The van der Waals surface area contributed by atoms with E-state index < -0.39 is 5.97 Å². The summed E-state index contributed by atoms with van der Waals surface area (Å²) in [6.07, 6.45) is 5.24. The Bertz CT molecular complexity index is 805. The number of nitrogens with two attached hydrogens (primary N) is 1. The molecule has 2 aromatic rings. The minimum absolute atomic E-state index is 0.169. The summed E-state index contributed by atoms with van der Waals surface area (Å²) in [7, 11) is 0. The summed E-state index contributed by atoms with van der Waals surface area (Å²) < 4.78 is 19.9. The summed E-state index contributed by atoms with van der Waals surface area (Å²) in [6.45, 7) is 1.34. The Balaban J connectivity index is 1.62. The average molecular weight is 370 g/mol. The van der Waals surface area contributed by atoms with Crippen LogP contribution in [0, 0.1) is 11.2 Å². The van der Waals surface area contributed by atoms with E-state index in [2.05, 4.69) is 11.1 Å². The summed E-state index contributed by atoms with van der Waals surface area (Å²) in [6, 6.07) is 9.14. The lowest BCUT2D eigenvalue weighted by molar-refractivity contribution is -0.143. The molecule has 0 amide bonds. The van der Waals surface area contributed by atoms with Crippen LogP contribution in [0.25, 0.3) is 0 Å². The number of carbonyl (C=O) groups is 1. The predicted octanol–water partition coefficient (Wildman–Crippen LogP) is 2.97. The van der Waals surface area contributed by atoms with Crippen LogP contribution >= 0.6 is 0 Å². The van der Waals surface area contributed by atoms with Gasteiger partial charge >= 0.3 is 5.97 Å². The van der Waals surface area contributed by atoms with Gasteiger partial charge in [-0.15, -0.1) is 0 Å². The molecule has 1 aromatic heterocycles. The van der Waals surface area contributed by atoms with Crippen LogP contribution in [0.15, 0.2) is 42.7 Å². The van der Waals surface area contributed by atoms with E-state index >= 15 is 0 Å². The summed E-state index contributed by atoms with van der Waals surface area (Å²) in [5.74, 6) is -0.836. The van der Waals surface area contributed by atoms with Gasteiger partial charge in [-0.25, -0.2) is 4.39 Å². The Morgan fingerprint density at radius 1 is 1.30 bits per heavy atom. The molecule has 0 saturated carbocycles. The van der Waals surface area contributed by atoms with E-state index in [0.717, 1.165) is 25.9 Å². The maximum absolute atomic E-state index is 14.9. The van der Waals surface area contributed by atoms with Crippen molar-refractivity contribution in [2.24, 2.45) is 5.73 Å². The first-order valence-electron chi connectivity index (χ1n) is 8.95. The van der Waals surface area contributed by atoms with Gasteiger partial charge in [0.25, 0.3) is 0 Å². The van der Waals surface area contributed by atoms with Gasteiger partial charge in [0, 0.05) is 31.0 Å². The molecule has 27 heavy (non-hydrogen) atoms. The number of carbonyl (C=O) groups excluding carboxylic acids is 1. The molecular weight excluding hydrogens is 347 g/mol. The van der Waals surface area contributed by atoms with Gasteiger partial charge < -0.3 is 15.4 Å². The number of nitrogens with one attached hydrogen (secondary N) is 1. The number of aromatic nitrogens is 1. The van der Waals surface area contributed by atoms with Crippen LogP contribution in [-0.2, 0) is 16.1 Å². The van der Waals surface area contributed by atoms with E-state index in [-0.39, 0.29) is 24.7 Å². The zero-order chi connectivity index (χ0) is 19.2. The van der Waals surface area contributed by atoms with Crippen LogP contribution in [0.3, 0.4) is 0 Å². The number of piperidine rings is 1. The molecule has 0 atom stereocenters. The first kappa shape index (κ1) is 18.8. The number of pyridine rings is 1. The van der Waals surface area contributed by atoms with Crippen LogP contribution in [0.5, 0.6) is 0 Å². The molecule has 0 bridgehead atoms. The van der Waals surface area contributed by atoms with Gasteiger partial charge in [-0.2, -0.15) is 0 Å². The molecule has 3 rings (SSSR count). The number of anilines is 1. The fourth-order valence-corrected chi connectivity index (χ4v) is 3.36. The second kappa shape index (κ2) is 8.62. The van der Waals surface area contributed by atoms with Gasteiger partial charge in [0.15, 0.2) is 5.82 Å². The van der Waals surface area contributed by atoms with Crippen molar-refractivity contribution in [3.63, 3.8) is 0 Å². The highest BCUT2D eigenvalue weighted by atomic mass is 19.1. The van der Waals surface area contributed by atoms with E-state index in [4.69, 9.17) is 15.9 Å². The smallest absolute Gasteiger partial charge is 0.313 e. The van der Waals surface area contributed by atoms with Crippen molar-refractivity contribution in [1.29, 1.82) is 5.41 Å². The molecule has 0 aliphatic carbocycles. The van der Waals surface area contributed by atoms with E-state index in [1.807, 2.05) is 17.2 Å². The van der Waals surface area contributed by atoms with Gasteiger partial charge in [-0.05, 0) is 36.5 Å². The fraction of sp³-hybridized carbons (Fsp3) is 0.350. The lowest BCUT2D eigenvalue weighted by atomic mass is 9.90. The Morgan fingerprint density at radius 3 is 2.74 bits per heavy atom. The second-order valence-electron chi connectivity index (χ2n) is 6.66. The van der Waals surface area contributed by atoms with Gasteiger partial charge in [0.2, 0.25) is 0 Å². The molecule has 0 spiro atoms. The van der Waals surface area contributed by atoms with Gasteiger partial charge in [-0.3, -0.25) is 15.2 Å². The minimum Gasteiger partial charge on any atom is -0.460 e. The van der Waals surface area contributed by atoms with Gasteiger partial charge in [0.1, 0.15) is 18.9 Å². The standard InChI is InChI=1S/C20H23FN4O2/c21-20-16(13-27-19(26)11-18(22)23)3-1-5-17(20)25-9-6-14(7-10-25)15-4-2-8-24-12-15/h1-5,8,12,14H,6-7,9-11,13H2,(H3,22,23). The lowest BCUT2D eigenvalue weighted by Gasteiger charge is -2.34. The maximum Gasteiger partial charge on any atom is 0.313 e. The molecule has 1 aromatic carbocycles. The van der Waals surface area contributed by atoms with Crippen molar-refractivity contribution in [1.82, 2.24) is 4.98 Å². The van der Waals surface area contributed by atoms with Crippen LogP contribution in [0.1, 0.15) is 36.3 Å². The van der Waals surface area contributed by atoms with Crippen molar-refractivity contribution < 1.29 is 13.9 Å². The average Bonchev–Trinajstić information content (AvgIpc) is 2.67. The van der Waals surface area contributed by atoms with Crippen LogP contribution in [-0.4, -0.2) is 29.9 Å². The number of rotatable bonds is 6. The molecule has 1 fully saturated rings. The number of halogens is 1. The quantitative estimate of drug-likeness (QED) is 0.463. The number of ether oxygens (including phenoxy) is 1. The van der Waals surface area contributed by atoms with Crippen LogP contribution in [0.2, 0.25) is 0 Å². The van der Waals surface area contributed by atoms with E-state index in [1.165, 1.54) is 5.56 Å². The highest BCUT2D eigenvalue weighted by molar-refractivity contribution is 5.94. The molecule has 2 heterocycles. The van der Waals surface area contributed by atoms with E-state index in [9.17, 15) is 9.18 Å². The Labute approximate surface area is 157 Å². The third kappa shape index (κ3) is 4.81. The fourth-order valence-electron chi connectivity index (χ4n) is 3.36. The highest BCUT2D eigenvalue weighted by Gasteiger charge is 2.23. The molecule has 7 heteroatoms. The number of hydrogen-bond acceptors (Lipinski definition) is 5. The van der Waals surface area contributed by atoms with Crippen molar-refractivity contribution in [3.05, 3.63) is 59.7 Å². The topological polar surface area (TPSA) is 92.3 Å². The molecule has 0 unspecified atom stereocenters. The Morgan fingerprint density at radius 2 is 2.07 bits per heavy atom. The van der Waals surface area contributed by atoms with E-state index in [1.54, 1.807) is 24.4 Å². The largest absolute Gasteiger partial charge is 0.460 e. The predicted molar refractivity (Wildman–Crippen MR) is 101 cm³/mol. The van der Waals surface area contributed by atoms with Crippen molar-refractivity contribution in [2.75, 3.05) is 18.0 Å². The number of esters is 1. The molecule has 142 valence electrons. The monoisotopic (exact) mass is 370 g/mol. The van der Waals surface area contributed by atoms with E-state index in [0.29, 0.717) is 17.2 Å². The normalized spacial score (nSPS) is 14.8. The summed E-state index contributed by atoms with van der Waals surface area (Å²) in [5.41, 5.74) is 7.24. The van der Waals surface area contributed by atoms with Crippen molar-refractivity contribution in [3.8, 4) is 0 Å². The zero-order valence-electron chi connectivity index (χ0n) is 15.0. The second-order valence-corrected chi connectivity index (χ2v) is 6.66. The zero-order valence-corrected chi connectivity index (χ0v) is 15.0. The number of nitrogens with zero attached hydrogens (tertiary/aromatic N) is 2. The lowest BCUT2D eigenvalue weighted by Crippen LogP contribution is -2.33. The first-order valence-corrected chi connectivity index (χ1v) is 8.95. The molecule has 0 radical (unpaired) electrons. The number of amidine groups is 1. The maximum atomic E-state index is 14.9. The third-order valence-electron chi connectivity index (χ3n) is 4.77. The van der Waals surface area contributed by atoms with Gasteiger partial charge in [0.05, 0.1) is 5.69 Å². The van der Waals surface area contributed by atoms with Crippen LogP contribution in [0.4, 0.5) is 10.1 Å². The van der Waals surface area contributed by atoms with Crippen molar-refractivity contribution >= 4 is 17.5 Å². The SMILES string of the molecule is N=C(N)CC(=O)OCc1cccc(N2CCC(c3cccnc3)CC2)c1F. The molecule has 1 saturated heterocycles. The Hall–Kier alpha value is -2.96. The van der Waals surface area contributed by atoms with Crippen molar-refractivity contribution in [2.45, 2.75) is 31.8 Å². The van der Waals surface area contributed by atoms with Gasteiger partial charge in [-0.1, -0.05) is 18.2 Å². The summed E-state index contributed by atoms with van der Waals surface area (Å²) in [4.78, 5) is 17.7. The molecule has 1 aliphatic rings. The van der Waals surface area contributed by atoms with Crippen LogP contribution < -0.4 is 10.6 Å². The molecule has 3 N–H and O–H groups in total. The summed E-state index contributed by atoms with van der Waals surface area (Å²) >= 11 is 0. The Kier molecular flexibility index (Phi) is 6.01. The third-order valence-corrected chi connectivity index (χ3v) is 4.77. The highest BCUT2D eigenvalue weighted by Crippen LogP contribution is 2.32. The number of benzene rings is 1. The minimum atomic E-state index is -0.635. The first-order chi connectivity index (χ1) is 13.0. The number of hydrogen-bond donors (Lipinski definition) is 2. The summed E-state index contributed by atoms with van der Waals surface area (Å²) in [5, 5.41) is 7.09. The molecule has 6 nitrogen and oxygen atoms in total.